The predicted octanol–water partition coefficient (Wildman–Crippen LogP) is 4.07. The smallest absolute Gasteiger partial charge is 0.122 e. The summed E-state index contributed by atoms with van der Waals surface area (Å²) in [4.78, 5) is 0. The van der Waals surface area contributed by atoms with Crippen LogP contribution in [0.5, 0.6) is 5.75 Å². The van der Waals surface area contributed by atoms with Gasteiger partial charge in [-0.15, -0.1) is 0 Å². The van der Waals surface area contributed by atoms with E-state index < -0.39 is 0 Å². The average molecular weight is 327 g/mol. The van der Waals surface area contributed by atoms with Crippen LogP contribution < -0.4 is 4.74 Å². The second kappa shape index (κ2) is 7.91. The Morgan fingerprint density at radius 2 is 2.05 bits per heavy atom. The van der Waals surface area contributed by atoms with Gasteiger partial charge in [-0.1, -0.05) is 34.1 Å². The lowest BCUT2D eigenvalue weighted by Gasteiger charge is -2.26. The van der Waals surface area contributed by atoms with Crippen LogP contribution in [0, 0.1) is 11.8 Å². The van der Waals surface area contributed by atoms with E-state index in [-0.39, 0.29) is 0 Å². The summed E-state index contributed by atoms with van der Waals surface area (Å²) < 4.78 is 10.9. The molecule has 1 aromatic rings. The van der Waals surface area contributed by atoms with E-state index in [1.807, 2.05) is 6.07 Å². The fourth-order valence-corrected chi connectivity index (χ4v) is 3.33. The summed E-state index contributed by atoms with van der Waals surface area (Å²) in [7, 11) is 1.75. The molecule has 1 fully saturated rings. The van der Waals surface area contributed by atoms with Gasteiger partial charge in [-0.05, 0) is 49.1 Å². The highest BCUT2D eigenvalue weighted by molar-refractivity contribution is 9.09. The molecule has 0 spiro atoms. The molecule has 0 saturated carbocycles. The Morgan fingerprint density at radius 3 is 2.74 bits per heavy atom. The first kappa shape index (κ1) is 14.9. The minimum Gasteiger partial charge on any atom is -0.496 e. The fraction of sp³-hybridized carbons (Fsp3) is 0.625. The number of benzene rings is 1. The number of ether oxygens (including phenoxy) is 2. The highest BCUT2D eigenvalue weighted by Gasteiger charge is 2.19. The fourth-order valence-electron chi connectivity index (χ4n) is 2.84. The molecule has 0 radical (unpaired) electrons. The number of methoxy groups -OCH3 is 1. The maximum atomic E-state index is 5.45. The van der Waals surface area contributed by atoms with Crippen LogP contribution in [0.3, 0.4) is 0 Å². The molecule has 2 nitrogen and oxygen atoms in total. The molecule has 3 heteroatoms. The van der Waals surface area contributed by atoms with Crippen LogP contribution >= 0.6 is 15.9 Å². The molecule has 1 unspecified atom stereocenters. The SMILES string of the molecule is COc1ccccc1CC(CBr)CC1CCOCC1. The second-order valence-electron chi connectivity index (χ2n) is 5.33. The molecule has 106 valence electrons. The molecule has 0 aromatic heterocycles. The number of para-hydroxylation sites is 1. The monoisotopic (exact) mass is 326 g/mol. The van der Waals surface area contributed by atoms with Crippen molar-refractivity contribution in [1.29, 1.82) is 0 Å². The summed E-state index contributed by atoms with van der Waals surface area (Å²) in [5.74, 6) is 2.52. The molecule has 19 heavy (non-hydrogen) atoms. The largest absolute Gasteiger partial charge is 0.496 e. The summed E-state index contributed by atoms with van der Waals surface area (Å²) in [5.41, 5.74) is 1.32. The molecule has 0 aliphatic carbocycles. The number of halogens is 1. The maximum absolute atomic E-state index is 5.45. The maximum Gasteiger partial charge on any atom is 0.122 e. The minimum atomic E-state index is 0.680. The van der Waals surface area contributed by atoms with Crippen molar-refractivity contribution >= 4 is 15.9 Å². The molecule has 2 rings (SSSR count). The normalized spacial score (nSPS) is 18.2. The van der Waals surface area contributed by atoms with Crippen LogP contribution in [-0.2, 0) is 11.2 Å². The molecule has 1 aliphatic heterocycles. The van der Waals surface area contributed by atoms with E-state index in [0.717, 1.165) is 36.6 Å². The zero-order chi connectivity index (χ0) is 13.5. The van der Waals surface area contributed by atoms with Gasteiger partial charge in [0.05, 0.1) is 7.11 Å². The Bertz CT molecular complexity index is 375. The van der Waals surface area contributed by atoms with E-state index >= 15 is 0 Å². The van der Waals surface area contributed by atoms with Crippen LogP contribution in [0.15, 0.2) is 24.3 Å². The van der Waals surface area contributed by atoms with Gasteiger partial charge < -0.3 is 9.47 Å². The third kappa shape index (κ3) is 4.50. The highest BCUT2D eigenvalue weighted by Crippen LogP contribution is 2.29. The Kier molecular flexibility index (Phi) is 6.18. The molecule has 1 atom stereocenters. The van der Waals surface area contributed by atoms with Crippen LogP contribution in [0.25, 0.3) is 0 Å². The Labute approximate surface area is 124 Å². The molecule has 1 aliphatic rings. The van der Waals surface area contributed by atoms with Gasteiger partial charge in [-0.2, -0.15) is 0 Å². The van der Waals surface area contributed by atoms with E-state index in [0.29, 0.717) is 5.92 Å². The number of rotatable bonds is 6. The molecule has 0 amide bonds. The molecule has 1 saturated heterocycles. The van der Waals surface area contributed by atoms with Gasteiger partial charge in [0.25, 0.3) is 0 Å². The van der Waals surface area contributed by atoms with E-state index in [9.17, 15) is 0 Å². The van der Waals surface area contributed by atoms with Crippen LogP contribution in [0.4, 0.5) is 0 Å². The number of hydrogen-bond acceptors (Lipinski definition) is 2. The molecule has 1 aromatic carbocycles. The van der Waals surface area contributed by atoms with Gasteiger partial charge in [-0.25, -0.2) is 0 Å². The molecule has 1 heterocycles. The first-order valence-corrected chi connectivity index (χ1v) is 8.21. The molecule has 0 bridgehead atoms. The third-order valence-corrected chi connectivity index (χ3v) is 4.84. The zero-order valence-corrected chi connectivity index (χ0v) is 13.2. The Hall–Kier alpha value is -0.540. The molecular weight excluding hydrogens is 304 g/mol. The summed E-state index contributed by atoms with van der Waals surface area (Å²) in [6.45, 7) is 1.88. The van der Waals surface area contributed by atoms with Crippen molar-refractivity contribution in [2.75, 3.05) is 25.7 Å². The van der Waals surface area contributed by atoms with E-state index in [1.54, 1.807) is 7.11 Å². The molecular formula is C16H23BrO2. The quantitative estimate of drug-likeness (QED) is 0.734. The van der Waals surface area contributed by atoms with Crippen LogP contribution in [-0.4, -0.2) is 25.7 Å². The lowest BCUT2D eigenvalue weighted by Crippen LogP contribution is -2.20. The van der Waals surface area contributed by atoms with Crippen LogP contribution in [0.2, 0.25) is 0 Å². The van der Waals surface area contributed by atoms with Gasteiger partial charge in [0.2, 0.25) is 0 Å². The Balaban J connectivity index is 1.94. The number of hydrogen-bond donors (Lipinski definition) is 0. The van der Waals surface area contributed by atoms with Crippen molar-refractivity contribution in [2.24, 2.45) is 11.8 Å². The standard InChI is InChI=1S/C16H23BrO2/c1-18-16-5-3-2-4-15(16)11-14(12-17)10-13-6-8-19-9-7-13/h2-5,13-14H,6-12H2,1H3. The lowest BCUT2D eigenvalue weighted by atomic mass is 9.86. The second-order valence-corrected chi connectivity index (χ2v) is 5.98. The van der Waals surface area contributed by atoms with Crippen molar-refractivity contribution < 1.29 is 9.47 Å². The first-order valence-electron chi connectivity index (χ1n) is 7.09. The van der Waals surface area contributed by atoms with Gasteiger partial charge in [0.1, 0.15) is 5.75 Å². The topological polar surface area (TPSA) is 18.5 Å². The molecule has 0 N–H and O–H groups in total. The van der Waals surface area contributed by atoms with Crippen molar-refractivity contribution in [3.63, 3.8) is 0 Å². The van der Waals surface area contributed by atoms with Gasteiger partial charge in [0.15, 0.2) is 0 Å². The summed E-state index contributed by atoms with van der Waals surface area (Å²) in [5, 5.41) is 1.06. The summed E-state index contributed by atoms with van der Waals surface area (Å²) >= 11 is 3.67. The Morgan fingerprint density at radius 1 is 1.32 bits per heavy atom. The van der Waals surface area contributed by atoms with E-state index in [2.05, 4.69) is 34.1 Å². The van der Waals surface area contributed by atoms with Crippen molar-refractivity contribution in [1.82, 2.24) is 0 Å². The highest BCUT2D eigenvalue weighted by atomic mass is 79.9. The number of alkyl halides is 1. The zero-order valence-electron chi connectivity index (χ0n) is 11.6. The predicted molar refractivity (Wildman–Crippen MR) is 82.1 cm³/mol. The van der Waals surface area contributed by atoms with E-state index in [4.69, 9.17) is 9.47 Å². The third-order valence-electron chi connectivity index (χ3n) is 3.93. The minimum absolute atomic E-state index is 0.680. The average Bonchev–Trinajstić information content (AvgIpc) is 2.48. The summed E-state index contributed by atoms with van der Waals surface area (Å²) in [6.07, 6.45) is 4.81. The van der Waals surface area contributed by atoms with E-state index in [1.165, 1.54) is 24.8 Å². The van der Waals surface area contributed by atoms with Gasteiger partial charge in [0, 0.05) is 18.5 Å². The first-order chi connectivity index (χ1) is 9.33. The van der Waals surface area contributed by atoms with Gasteiger partial charge in [-0.3, -0.25) is 0 Å². The van der Waals surface area contributed by atoms with Crippen molar-refractivity contribution in [3.8, 4) is 5.75 Å². The van der Waals surface area contributed by atoms with Crippen molar-refractivity contribution in [3.05, 3.63) is 29.8 Å². The van der Waals surface area contributed by atoms with Crippen LogP contribution in [0.1, 0.15) is 24.8 Å². The summed E-state index contributed by atoms with van der Waals surface area (Å²) in [6, 6.07) is 8.36. The van der Waals surface area contributed by atoms with Crippen molar-refractivity contribution in [2.45, 2.75) is 25.7 Å². The lowest BCUT2D eigenvalue weighted by molar-refractivity contribution is 0.0596. The van der Waals surface area contributed by atoms with Gasteiger partial charge >= 0.3 is 0 Å².